The van der Waals surface area contributed by atoms with Crippen LogP contribution in [0.1, 0.15) is 34.5 Å². The Morgan fingerprint density at radius 2 is 1.97 bits per heavy atom. The number of carbonyl (C=O) groups is 2. The largest absolute Gasteiger partial charge is 0.368 e. The Hall–Kier alpha value is -3.03. The second kappa shape index (κ2) is 9.63. The molecule has 0 bridgehead atoms. The Labute approximate surface area is 196 Å². The van der Waals surface area contributed by atoms with Crippen LogP contribution in [0.15, 0.2) is 65.1 Å². The molecule has 1 saturated heterocycles. The molecule has 0 saturated carbocycles. The van der Waals surface area contributed by atoms with Gasteiger partial charge in [-0.05, 0) is 68.3 Å². The van der Waals surface area contributed by atoms with Gasteiger partial charge in [0.15, 0.2) is 0 Å². The van der Waals surface area contributed by atoms with Crippen LogP contribution < -0.4 is 11.1 Å². The fraction of sp³-hybridized carbons (Fsp3) is 0.240. The molecule has 32 heavy (non-hydrogen) atoms. The number of aryl methyl sites for hydroxylation is 1. The highest BCUT2D eigenvalue weighted by Crippen LogP contribution is 2.24. The third kappa shape index (κ3) is 5.06. The van der Waals surface area contributed by atoms with Crippen molar-refractivity contribution in [1.29, 1.82) is 0 Å². The van der Waals surface area contributed by atoms with Crippen molar-refractivity contribution in [2.45, 2.75) is 32.4 Å². The number of benzene rings is 2. The van der Waals surface area contributed by atoms with Crippen LogP contribution in [0.3, 0.4) is 0 Å². The molecular formula is C25H25BrN4O2. The predicted molar refractivity (Wildman–Crippen MR) is 129 cm³/mol. The number of nitrogens with two attached hydrogens (primary N) is 1. The first kappa shape index (κ1) is 22.2. The third-order valence-electron chi connectivity index (χ3n) is 5.71. The SMILES string of the molecule is Cc1nc(-c2cccc(Br)c2)ccc1C(=O)Nc1cccc(CN2CCCC2C(N)=O)c1. The molecule has 4 rings (SSSR count). The van der Waals surface area contributed by atoms with Crippen molar-refractivity contribution in [1.82, 2.24) is 9.88 Å². The number of halogens is 1. The van der Waals surface area contributed by atoms with E-state index >= 15 is 0 Å². The molecule has 1 fully saturated rings. The average molecular weight is 493 g/mol. The summed E-state index contributed by atoms with van der Waals surface area (Å²) < 4.78 is 0.979. The monoisotopic (exact) mass is 492 g/mol. The number of pyridine rings is 1. The minimum Gasteiger partial charge on any atom is -0.368 e. The van der Waals surface area contributed by atoms with Crippen molar-refractivity contribution in [2.24, 2.45) is 5.73 Å². The van der Waals surface area contributed by atoms with Crippen molar-refractivity contribution in [2.75, 3.05) is 11.9 Å². The number of hydrogen-bond donors (Lipinski definition) is 2. The van der Waals surface area contributed by atoms with Gasteiger partial charge in [0, 0.05) is 22.3 Å². The number of aromatic nitrogens is 1. The standard InChI is InChI=1S/C25H25BrN4O2/c1-16-21(10-11-22(28-16)18-6-3-7-19(26)14-18)25(32)29-20-8-2-5-17(13-20)15-30-12-4-9-23(30)24(27)31/h2-3,5-8,10-11,13-14,23H,4,9,12,15H2,1H3,(H2,27,31)(H,29,32). The lowest BCUT2D eigenvalue weighted by Gasteiger charge is -2.22. The van der Waals surface area contributed by atoms with Crippen molar-refractivity contribution in [3.05, 3.63) is 82.0 Å². The van der Waals surface area contributed by atoms with Gasteiger partial charge in [-0.2, -0.15) is 0 Å². The number of rotatable bonds is 6. The van der Waals surface area contributed by atoms with Crippen LogP contribution in [-0.2, 0) is 11.3 Å². The summed E-state index contributed by atoms with van der Waals surface area (Å²) >= 11 is 3.48. The van der Waals surface area contributed by atoms with E-state index in [-0.39, 0.29) is 17.9 Å². The first-order chi connectivity index (χ1) is 15.4. The Morgan fingerprint density at radius 3 is 2.72 bits per heavy atom. The predicted octanol–water partition coefficient (Wildman–Crippen LogP) is 4.52. The van der Waals surface area contributed by atoms with E-state index in [0.717, 1.165) is 40.7 Å². The Bertz CT molecular complexity index is 1160. The maximum atomic E-state index is 12.9. The lowest BCUT2D eigenvalue weighted by Crippen LogP contribution is -2.39. The van der Waals surface area contributed by atoms with E-state index < -0.39 is 0 Å². The van der Waals surface area contributed by atoms with Gasteiger partial charge in [0.05, 0.1) is 23.0 Å². The number of nitrogens with zero attached hydrogens (tertiary/aromatic N) is 2. The van der Waals surface area contributed by atoms with Crippen molar-refractivity contribution >= 4 is 33.4 Å². The molecule has 2 amide bonds. The molecule has 2 aromatic carbocycles. The second-order valence-electron chi connectivity index (χ2n) is 8.03. The molecule has 3 N–H and O–H groups in total. The minimum atomic E-state index is -0.277. The smallest absolute Gasteiger partial charge is 0.257 e. The minimum absolute atomic E-state index is 0.205. The maximum absolute atomic E-state index is 12.9. The van der Waals surface area contributed by atoms with Crippen LogP contribution in [0.25, 0.3) is 11.3 Å². The summed E-state index contributed by atoms with van der Waals surface area (Å²) in [6, 6.07) is 19.0. The van der Waals surface area contributed by atoms with Crippen molar-refractivity contribution in [3.63, 3.8) is 0 Å². The first-order valence-electron chi connectivity index (χ1n) is 10.6. The van der Waals surface area contributed by atoms with Gasteiger partial charge >= 0.3 is 0 Å². The van der Waals surface area contributed by atoms with Gasteiger partial charge in [-0.3, -0.25) is 19.5 Å². The van der Waals surface area contributed by atoms with E-state index in [2.05, 4.69) is 31.1 Å². The summed E-state index contributed by atoms with van der Waals surface area (Å²) in [5, 5.41) is 2.97. The zero-order valence-corrected chi connectivity index (χ0v) is 19.4. The van der Waals surface area contributed by atoms with Crippen LogP contribution in [0, 0.1) is 6.92 Å². The van der Waals surface area contributed by atoms with Gasteiger partial charge in [0.2, 0.25) is 5.91 Å². The molecule has 0 aliphatic carbocycles. The summed E-state index contributed by atoms with van der Waals surface area (Å²) in [5.74, 6) is -0.481. The highest BCUT2D eigenvalue weighted by molar-refractivity contribution is 9.10. The topological polar surface area (TPSA) is 88.3 Å². The van der Waals surface area contributed by atoms with Gasteiger partial charge in [0.25, 0.3) is 5.91 Å². The van der Waals surface area contributed by atoms with Gasteiger partial charge in [0.1, 0.15) is 0 Å². The van der Waals surface area contributed by atoms with Gasteiger partial charge in [-0.25, -0.2) is 0 Å². The lowest BCUT2D eigenvalue weighted by molar-refractivity contribution is -0.122. The summed E-state index contributed by atoms with van der Waals surface area (Å²) in [4.78, 5) is 31.3. The zero-order valence-electron chi connectivity index (χ0n) is 17.8. The number of likely N-dealkylation sites (tertiary alicyclic amines) is 1. The van der Waals surface area contributed by atoms with E-state index in [0.29, 0.717) is 23.5 Å². The van der Waals surface area contributed by atoms with E-state index in [1.807, 2.05) is 61.5 Å². The highest BCUT2D eigenvalue weighted by atomic mass is 79.9. The Kier molecular flexibility index (Phi) is 6.67. The number of amides is 2. The van der Waals surface area contributed by atoms with Crippen LogP contribution in [0.2, 0.25) is 0 Å². The van der Waals surface area contributed by atoms with E-state index in [4.69, 9.17) is 5.73 Å². The first-order valence-corrected chi connectivity index (χ1v) is 11.4. The fourth-order valence-electron chi connectivity index (χ4n) is 4.13. The Morgan fingerprint density at radius 1 is 1.16 bits per heavy atom. The zero-order chi connectivity index (χ0) is 22.7. The number of hydrogen-bond acceptors (Lipinski definition) is 4. The highest BCUT2D eigenvalue weighted by Gasteiger charge is 2.28. The van der Waals surface area contributed by atoms with Gasteiger partial charge < -0.3 is 11.1 Å². The molecule has 0 radical (unpaired) electrons. The fourth-order valence-corrected chi connectivity index (χ4v) is 4.53. The molecule has 2 heterocycles. The van der Waals surface area contributed by atoms with Crippen LogP contribution in [0.5, 0.6) is 0 Å². The molecule has 1 atom stereocenters. The number of primary amides is 1. The van der Waals surface area contributed by atoms with E-state index in [1.54, 1.807) is 6.07 Å². The molecule has 164 valence electrons. The third-order valence-corrected chi connectivity index (χ3v) is 6.21. The normalized spacial score (nSPS) is 16.1. The van der Waals surface area contributed by atoms with Crippen LogP contribution >= 0.6 is 15.9 Å². The van der Waals surface area contributed by atoms with Crippen molar-refractivity contribution in [3.8, 4) is 11.3 Å². The number of carbonyl (C=O) groups excluding carboxylic acids is 2. The van der Waals surface area contributed by atoms with Gasteiger partial charge in [-0.1, -0.05) is 40.2 Å². The number of anilines is 1. The molecule has 7 heteroatoms. The molecule has 6 nitrogen and oxygen atoms in total. The quantitative estimate of drug-likeness (QED) is 0.529. The summed E-state index contributed by atoms with van der Waals surface area (Å²) in [5.41, 5.74) is 10.3. The molecule has 1 aliphatic heterocycles. The van der Waals surface area contributed by atoms with Crippen molar-refractivity contribution < 1.29 is 9.59 Å². The van der Waals surface area contributed by atoms with Crippen LogP contribution in [0.4, 0.5) is 5.69 Å². The van der Waals surface area contributed by atoms with Gasteiger partial charge in [-0.15, -0.1) is 0 Å². The van der Waals surface area contributed by atoms with Crippen LogP contribution in [-0.4, -0.2) is 34.3 Å². The summed E-state index contributed by atoms with van der Waals surface area (Å²) in [6.07, 6.45) is 1.76. The lowest BCUT2D eigenvalue weighted by atomic mass is 10.1. The molecule has 3 aromatic rings. The Balaban J connectivity index is 1.47. The second-order valence-corrected chi connectivity index (χ2v) is 8.94. The maximum Gasteiger partial charge on any atom is 0.257 e. The number of nitrogens with one attached hydrogen (secondary N) is 1. The molecular weight excluding hydrogens is 468 g/mol. The summed E-state index contributed by atoms with van der Waals surface area (Å²) in [7, 11) is 0. The van der Waals surface area contributed by atoms with E-state index in [1.165, 1.54) is 0 Å². The van der Waals surface area contributed by atoms with E-state index in [9.17, 15) is 9.59 Å². The average Bonchev–Trinajstić information content (AvgIpc) is 3.22. The molecule has 1 unspecified atom stereocenters. The molecule has 1 aliphatic rings. The summed E-state index contributed by atoms with van der Waals surface area (Å²) in [6.45, 7) is 3.31. The molecule has 1 aromatic heterocycles. The molecule has 0 spiro atoms.